The minimum Gasteiger partial charge on any atom is -0.476 e. The molecule has 1 aliphatic rings. The van der Waals surface area contributed by atoms with E-state index in [1.165, 1.54) is 12.5 Å². The Hall–Kier alpha value is -2.09. The van der Waals surface area contributed by atoms with Gasteiger partial charge in [-0.3, -0.25) is 0 Å². The highest BCUT2D eigenvalue weighted by Crippen LogP contribution is 2.14. The number of aromatic carboxylic acids is 1. The molecule has 110 valence electrons. The molecular formula is C12H18N4O4. The van der Waals surface area contributed by atoms with Gasteiger partial charge in [-0.05, 0) is 6.42 Å². The number of likely N-dealkylation sites (tertiary alicyclic amines) is 1. The molecule has 2 rings (SSSR count). The summed E-state index contributed by atoms with van der Waals surface area (Å²) in [5.74, 6) is -0.896. The summed E-state index contributed by atoms with van der Waals surface area (Å²) < 4.78 is 1.62. The van der Waals surface area contributed by atoms with Crippen molar-refractivity contribution in [2.75, 3.05) is 26.2 Å². The molecule has 1 fully saturated rings. The number of carbonyl (C=O) groups is 2. The molecule has 3 N–H and O–H groups in total. The van der Waals surface area contributed by atoms with Crippen LogP contribution in [0.5, 0.6) is 0 Å². The second-order valence-electron chi connectivity index (χ2n) is 4.82. The average Bonchev–Trinajstić information content (AvgIpc) is 3.07. The van der Waals surface area contributed by atoms with E-state index in [9.17, 15) is 9.59 Å². The summed E-state index contributed by atoms with van der Waals surface area (Å²) in [7, 11) is 0. The number of hydrogen-bond acceptors (Lipinski definition) is 4. The maximum atomic E-state index is 11.8. The topological polar surface area (TPSA) is 108 Å². The number of aliphatic hydroxyl groups excluding tert-OH is 1. The summed E-state index contributed by atoms with van der Waals surface area (Å²) in [4.78, 5) is 27.9. The molecule has 1 unspecified atom stereocenters. The first-order valence-corrected chi connectivity index (χ1v) is 6.49. The number of nitrogens with one attached hydrogen (secondary N) is 1. The Labute approximate surface area is 116 Å². The molecule has 1 atom stereocenters. The summed E-state index contributed by atoms with van der Waals surface area (Å²) in [6, 6.07) is -0.153. The summed E-state index contributed by atoms with van der Waals surface area (Å²) >= 11 is 0. The van der Waals surface area contributed by atoms with E-state index in [2.05, 4.69) is 10.3 Å². The van der Waals surface area contributed by atoms with E-state index in [0.717, 1.165) is 6.42 Å². The van der Waals surface area contributed by atoms with Crippen molar-refractivity contribution in [3.05, 3.63) is 18.2 Å². The maximum absolute atomic E-state index is 11.8. The minimum absolute atomic E-state index is 0.0124. The highest BCUT2D eigenvalue weighted by molar-refractivity contribution is 5.84. The second kappa shape index (κ2) is 6.38. The number of hydrogen-bond donors (Lipinski definition) is 3. The number of rotatable bonds is 5. The molecule has 1 aromatic rings. The van der Waals surface area contributed by atoms with Crippen molar-refractivity contribution in [3.63, 3.8) is 0 Å². The van der Waals surface area contributed by atoms with Crippen molar-refractivity contribution >= 4 is 12.0 Å². The molecule has 2 heterocycles. The molecule has 8 nitrogen and oxygen atoms in total. The number of carboxylic acids is 1. The van der Waals surface area contributed by atoms with Gasteiger partial charge in [0, 0.05) is 44.9 Å². The van der Waals surface area contributed by atoms with Crippen molar-refractivity contribution in [2.45, 2.75) is 13.0 Å². The number of amides is 2. The van der Waals surface area contributed by atoms with E-state index < -0.39 is 5.97 Å². The standard InChI is InChI=1S/C12H18N4O4/c17-7-9-1-3-16(5-9)12(20)13-2-4-15-6-10(11(18)19)14-8-15/h6,8-9,17H,1-5,7H2,(H,13,20)(H,18,19). The van der Waals surface area contributed by atoms with Gasteiger partial charge in [-0.15, -0.1) is 0 Å². The Morgan fingerprint density at radius 3 is 2.90 bits per heavy atom. The number of imidazole rings is 1. The quantitative estimate of drug-likeness (QED) is 0.681. The van der Waals surface area contributed by atoms with E-state index in [4.69, 9.17) is 10.2 Å². The molecule has 20 heavy (non-hydrogen) atoms. The number of carbonyl (C=O) groups excluding carboxylic acids is 1. The van der Waals surface area contributed by atoms with Gasteiger partial charge in [-0.2, -0.15) is 0 Å². The van der Waals surface area contributed by atoms with Gasteiger partial charge in [0.15, 0.2) is 5.69 Å². The van der Waals surface area contributed by atoms with Crippen molar-refractivity contribution in [2.24, 2.45) is 5.92 Å². The fourth-order valence-electron chi connectivity index (χ4n) is 2.16. The highest BCUT2D eigenvalue weighted by atomic mass is 16.4. The number of nitrogens with zero attached hydrogens (tertiary/aromatic N) is 3. The van der Waals surface area contributed by atoms with E-state index in [1.807, 2.05) is 0 Å². The van der Waals surface area contributed by atoms with Crippen LogP contribution in [0.3, 0.4) is 0 Å². The number of carboxylic acid groups (broad SMARTS) is 1. The molecule has 0 spiro atoms. The molecule has 0 aliphatic carbocycles. The van der Waals surface area contributed by atoms with E-state index in [1.54, 1.807) is 9.47 Å². The van der Waals surface area contributed by atoms with Crippen LogP contribution in [0.25, 0.3) is 0 Å². The van der Waals surface area contributed by atoms with Crippen LogP contribution in [-0.2, 0) is 6.54 Å². The third kappa shape index (κ3) is 3.47. The Balaban J connectivity index is 1.72. The predicted molar refractivity (Wildman–Crippen MR) is 69.4 cm³/mol. The zero-order valence-electron chi connectivity index (χ0n) is 11.0. The molecule has 0 radical (unpaired) electrons. The summed E-state index contributed by atoms with van der Waals surface area (Å²) in [5, 5.41) is 20.5. The van der Waals surface area contributed by atoms with E-state index >= 15 is 0 Å². The number of aromatic nitrogens is 2. The SMILES string of the molecule is O=C(O)c1cn(CCNC(=O)N2CCC(CO)C2)cn1. The van der Waals surface area contributed by atoms with Crippen molar-refractivity contribution in [1.29, 1.82) is 0 Å². The van der Waals surface area contributed by atoms with Crippen LogP contribution in [0.4, 0.5) is 4.79 Å². The first kappa shape index (κ1) is 14.3. The number of aliphatic hydroxyl groups is 1. The fourth-order valence-corrected chi connectivity index (χ4v) is 2.16. The van der Waals surface area contributed by atoms with Gasteiger partial charge < -0.3 is 25.0 Å². The van der Waals surface area contributed by atoms with Crippen molar-refractivity contribution in [1.82, 2.24) is 19.8 Å². The van der Waals surface area contributed by atoms with Crippen LogP contribution < -0.4 is 5.32 Å². The van der Waals surface area contributed by atoms with Gasteiger partial charge in [0.05, 0.1) is 6.33 Å². The summed E-state index contributed by atoms with van der Waals surface area (Å²) in [6.45, 7) is 2.20. The van der Waals surface area contributed by atoms with E-state index in [0.29, 0.717) is 26.2 Å². The van der Waals surface area contributed by atoms with Crippen LogP contribution in [-0.4, -0.2) is 62.9 Å². The van der Waals surface area contributed by atoms with E-state index in [-0.39, 0.29) is 24.2 Å². The first-order valence-electron chi connectivity index (χ1n) is 6.49. The van der Waals surface area contributed by atoms with Gasteiger partial charge >= 0.3 is 12.0 Å². The third-order valence-electron chi connectivity index (χ3n) is 3.33. The third-order valence-corrected chi connectivity index (χ3v) is 3.33. The lowest BCUT2D eigenvalue weighted by Crippen LogP contribution is -2.39. The molecule has 0 bridgehead atoms. The van der Waals surface area contributed by atoms with Crippen LogP contribution in [0.1, 0.15) is 16.9 Å². The lowest BCUT2D eigenvalue weighted by Gasteiger charge is -2.17. The molecule has 8 heteroatoms. The Bertz CT molecular complexity index is 488. The minimum atomic E-state index is -1.07. The van der Waals surface area contributed by atoms with Gasteiger partial charge in [0.1, 0.15) is 0 Å². The lowest BCUT2D eigenvalue weighted by molar-refractivity contribution is 0.0691. The maximum Gasteiger partial charge on any atom is 0.356 e. The molecule has 1 aliphatic heterocycles. The van der Waals surface area contributed by atoms with Gasteiger partial charge in [0.2, 0.25) is 0 Å². The van der Waals surface area contributed by atoms with Gasteiger partial charge in [-0.25, -0.2) is 14.6 Å². The molecule has 1 aromatic heterocycles. The zero-order valence-corrected chi connectivity index (χ0v) is 11.0. The molecule has 2 amide bonds. The van der Waals surface area contributed by atoms with Crippen molar-refractivity contribution < 1.29 is 19.8 Å². The lowest BCUT2D eigenvalue weighted by atomic mass is 10.1. The largest absolute Gasteiger partial charge is 0.476 e. The van der Waals surface area contributed by atoms with Gasteiger partial charge in [-0.1, -0.05) is 0 Å². The van der Waals surface area contributed by atoms with Crippen LogP contribution in [0.2, 0.25) is 0 Å². The smallest absolute Gasteiger partial charge is 0.356 e. The Morgan fingerprint density at radius 2 is 2.30 bits per heavy atom. The van der Waals surface area contributed by atoms with Crippen LogP contribution in [0.15, 0.2) is 12.5 Å². The first-order chi connectivity index (χ1) is 9.60. The molecule has 0 aromatic carbocycles. The van der Waals surface area contributed by atoms with Gasteiger partial charge in [0.25, 0.3) is 0 Å². The monoisotopic (exact) mass is 282 g/mol. The molecule has 1 saturated heterocycles. The molecular weight excluding hydrogens is 264 g/mol. The highest BCUT2D eigenvalue weighted by Gasteiger charge is 2.25. The molecule has 0 saturated carbocycles. The Kier molecular flexibility index (Phi) is 4.57. The number of urea groups is 1. The van der Waals surface area contributed by atoms with Crippen LogP contribution in [0, 0.1) is 5.92 Å². The average molecular weight is 282 g/mol. The normalized spacial score (nSPS) is 18.2. The summed E-state index contributed by atoms with van der Waals surface area (Å²) in [5.41, 5.74) is -0.0124. The second-order valence-corrected chi connectivity index (χ2v) is 4.82. The Morgan fingerprint density at radius 1 is 1.50 bits per heavy atom. The fraction of sp³-hybridized carbons (Fsp3) is 0.583. The summed E-state index contributed by atoms with van der Waals surface area (Å²) in [6.07, 6.45) is 3.67. The predicted octanol–water partition coefficient (Wildman–Crippen LogP) is -0.395. The zero-order chi connectivity index (χ0) is 14.5. The van der Waals surface area contributed by atoms with Crippen molar-refractivity contribution in [3.8, 4) is 0 Å². The van der Waals surface area contributed by atoms with Crippen LogP contribution >= 0.6 is 0 Å².